The van der Waals surface area contributed by atoms with Crippen LogP contribution in [0, 0.1) is 41.5 Å². The molecule has 37 heavy (non-hydrogen) atoms. The maximum absolute atomic E-state index is 14.2. The van der Waals surface area contributed by atoms with Gasteiger partial charge in [-0.25, -0.2) is 0 Å². The van der Waals surface area contributed by atoms with Gasteiger partial charge in [-0.05, 0) is 63.8 Å². The molecule has 8 nitrogen and oxygen atoms in total. The zero-order valence-corrected chi connectivity index (χ0v) is 23.6. The third-order valence-electron chi connectivity index (χ3n) is 5.80. The molecule has 0 spiro atoms. The first-order valence-corrected chi connectivity index (χ1v) is 14.0. The summed E-state index contributed by atoms with van der Waals surface area (Å²) in [5.41, 5.74) is 3.44. The van der Waals surface area contributed by atoms with E-state index in [4.69, 9.17) is 23.8 Å². The van der Waals surface area contributed by atoms with Gasteiger partial charge in [-0.1, -0.05) is 35.4 Å². The summed E-state index contributed by atoms with van der Waals surface area (Å²) in [4.78, 5) is 27.5. The van der Waals surface area contributed by atoms with Crippen LogP contribution in [0.2, 0.25) is 0 Å². The van der Waals surface area contributed by atoms with Gasteiger partial charge in [-0.15, -0.1) is 0 Å². The van der Waals surface area contributed by atoms with Crippen molar-refractivity contribution in [1.29, 1.82) is 0 Å². The summed E-state index contributed by atoms with van der Waals surface area (Å²) in [6, 6.07) is 7.32. The monoisotopic (exact) mass is 534 g/mol. The first-order chi connectivity index (χ1) is 17.5. The summed E-state index contributed by atoms with van der Waals surface area (Å²) in [5, 5.41) is 8.66. The third kappa shape index (κ3) is 8.40. The summed E-state index contributed by atoms with van der Waals surface area (Å²) in [5.74, 6) is 0. The van der Waals surface area contributed by atoms with Gasteiger partial charge in [-0.3, -0.25) is 14.2 Å². The zero-order chi connectivity index (χ0) is 27.6. The van der Waals surface area contributed by atoms with Crippen molar-refractivity contribution in [3.8, 4) is 0 Å². The minimum absolute atomic E-state index is 0.0344. The molecule has 0 saturated carbocycles. The molecule has 0 amide bonds. The Balaban J connectivity index is 2.18. The highest BCUT2D eigenvalue weighted by molar-refractivity contribution is 7.91. The predicted molar refractivity (Wildman–Crippen MR) is 143 cm³/mol. The third-order valence-corrected chi connectivity index (χ3v) is 7.86. The van der Waals surface area contributed by atoms with Gasteiger partial charge in [0.1, 0.15) is 0 Å². The number of hydrogen-bond acceptors (Lipinski definition) is 8. The van der Waals surface area contributed by atoms with E-state index in [0.717, 1.165) is 11.1 Å². The van der Waals surface area contributed by atoms with Crippen LogP contribution in [0.15, 0.2) is 24.3 Å². The fraction of sp³-hybridized carbons (Fsp3) is 0.500. The van der Waals surface area contributed by atoms with Gasteiger partial charge >= 0.3 is 7.37 Å². The second-order valence-electron chi connectivity index (χ2n) is 9.10. The molecule has 0 heterocycles. The van der Waals surface area contributed by atoms with E-state index in [1.807, 2.05) is 38.1 Å². The summed E-state index contributed by atoms with van der Waals surface area (Å²) in [7, 11) is -4.49. The molecular weight excluding hydrogens is 495 g/mol. The van der Waals surface area contributed by atoms with E-state index in [1.54, 1.807) is 27.7 Å². The molecule has 0 aliphatic carbocycles. The molecule has 2 aromatic carbocycles. The fourth-order valence-electron chi connectivity index (χ4n) is 4.37. The molecule has 0 aliphatic rings. The highest BCUT2D eigenvalue weighted by Gasteiger charge is 2.44. The molecule has 0 bridgehead atoms. The van der Waals surface area contributed by atoms with Crippen LogP contribution >= 0.6 is 7.37 Å². The largest absolute Gasteiger partial charge is 0.394 e. The molecule has 2 aromatic rings. The number of rotatable bonds is 16. The van der Waals surface area contributed by atoms with Crippen molar-refractivity contribution in [2.75, 3.05) is 52.9 Å². The van der Waals surface area contributed by atoms with Gasteiger partial charge in [0.25, 0.3) is 11.0 Å². The van der Waals surface area contributed by atoms with Crippen LogP contribution in [0.3, 0.4) is 0 Å². The van der Waals surface area contributed by atoms with E-state index in [1.165, 1.54) is 0 Å². The van der Waals surface area contributed by atoms with E-state index >= 15 is 0 Å². The molecule has 0 aliphatic heterocycles. The lowest BCUT2D eigenvalue weighted by molar-refractivity contribution is 0.00374. The molecule has 0 saturated heterocycles. The Morgan fingerprint density at radius 3 is 1.30 bits per heavy atom. The molecule has 0 aromatic heterocycles. The topological polar surface area (TPSA) is 108 Å². The van der Waals surface area contributed by atoms with Crippen LogP contribution < -0.4 is 0 Å². The molecule has 9 heteroatoms. The number of aliphatic hydroxyl groups excluding tert-OH is 1. The molecule has 204 valence electrons. The van der Waals surface area contributed by atoms with E-state index in [2.05, 4.69) is 0 Å². The molecule has 2 rings (SSSR count). The van der Waals surface area contributed by atoms with Crippen molar-refractivity contribution in [3.63, 3.8) is 0 Å². The van der Waals surface area contributed by atoms with Crippen LogP contribution in [0.1, 0.15) is 54.1 Å². The SMILES string of the molecule is Cc1cc(C)c(C(=O)P(=O)(OCCOCCOCCOCCO)C(=O)c2c(C)cc(C)cc2C)c(C)c1. The number of ether oxygens (including phenoxy) is 3. The Morgan fingerprint density at radius 2 is 0.946 bits per heavy atom. The lowest BCUT2D eigenvalue weighted by atomic mass is 10.0. The summed E-state index contributed by atoms with van der Waals surface area (Å²) >= 11 is 0. The summed E-state index contributed by atoms with van der Waals surface area (Å²) in [6.07, 6.45) is 0. The maximum atomic E-state index is 14.2. The number of aliphatic hydroxyl groups is 1. The van der Waals surface area contributed by atoms with Gasteiger partial charge in [-0.2, -0.15) is 0 Å². The normalized spacial score (nSPS) is 11.6. The Morgan fingerprint density at radius 1 is 0.622 bits per heavy atom. The Bertz CT molecular complexity index is 1020. The number of carbonyl (C=O) groups is 2. The van der Waals surface area contributed by atoms with Gasteiger partial charge in [0.2, 0.25) is 0 Å². The Kier molecular flexibility index (Phi) is 12.3. The lowest BCUT2D eigenvalue weighted by Crippen LogP contribution is -2.19. The Hall–Kier alpha value is -2.19. The maximum Gasteiger partial charge on any atom is 0.340 e. The van der Waals surface area contributed by atoms with Gasteiger partial charge in [0, 0.05) is 11.1 Å². The van der Waals surface area contributed by atoms with Crippen molar-refractivity contribution in [2.45, 2.75) is 41.5 Å². The number of carbonyl (C=O) groups excluding carboxylic acids is 2. The number of hydrogen-bond donors (Lipinski definition) is 1. The molecule has 0 fully saturated rings. The average Bonchev–Trinajstić information content (AvgIpc) is 2.80. The first kappa shape index (κ1) is 31.0. The lowest BCUT2D eigenvalue weighted by Gasteiger charge is -2.21. The fourth-order valence-corrected chi connectivity index (χ4v) is 6.41. The van der Waals surface area contributed by atoms with E-state index in [0.29, 0.717) is 42.1 Å². The summed E-state index contributed by atoms with van der Waals surface area (Å²) < 4.78 is 35.8. The van der Waals surface area contributed by atoms with Crippen LogP contribution in [0.4, 0.5) is 0 Å². The van der Waals surface area contributed by atoms with E-state index in [-0.39, 0.29) is 44.2 Å². The van der Waals surface area contributed by atoms with Crippen LogP contribution in [0.25, 0.3) is 0 Å². The van der Waals surface area contributed by atoms with Crippen LogP contribution in [0.5, 0.6) is 0 Å². The minimum Gasteiger partial charge on any atom is -0.394 e. The van der Waals surface area contributed by atoms with Crippen molar-refractivity contribution in [2.24, 2.45) is 0 Å². The van der Waals surface area contributed by atoms with E-state index < -0.39 is 18.4 Å². The second kappa shape index (κ2) is 14.7. The van der Waals surface area contributed by atoms with Crippen molar-refractivity contribution in [3.05, 3.63) is 68.8 Å². The number of aryl methyl sites for hydroxylation is 6. The highest BCUT2D eigenvalue weighted by atomic mass is 31.2. The molecule has 0 radical (unpaired) electrons. The molecule has 0 atom stereocenters. The first-order valence-electron chi connectivity index (χ1n) is 12.4. The molecule has 0 unspecified atom stereocenters. The predicted octanol–water partition coefficient (Wildman–Crippen LogP) is 4.85. The quantitative estimate of drug-likeness (QED) is 0.240. The van der Waals surface area contributed by atoms with Gasteiger partial charge in [0.15, 0.2) is 0 Å². The summed E-state index contributed by atoms with van der Waals surface area (Å²) in [6.45, 7) is 12.3. The van der Waals surface area contributed by atoms with Crippen molar-refractivity contribution in [1.82, 2.24) is 0 Å². The average molecular weight is 535 g/mol. The van der Waals surface area contributed by atoms with Crippen molar-refractivity contribution >= 4 is 18.4 Å². The van der Waals surface area contributed by atoms with E-state index in [9.17, 15) is 14.2 Å². The Labute approximate surface area is 219 Å². The highest BCUT2D eigenvalue weighted by Crippen LogP contribution is 2.54. The smallest absolute Gasteiger partial charge is 0.340 e. The van der Waals surface area contributed by atoms with Crippen LogP contribution in [-0.4, -0.2) is 69.0 Å². The molecule has 1 N–H and O–H groups in total. The standard InChI is InChI=1S/C28H39O8P/c1-19-15-21(3)25(22(4)16-19)27(30)37(32,28(31)26-23(5)17-20(2)18-24(26)6)36-14-13-35-12-11-34-10-9-33-8-7-29/h15-18,29H,7-14H2,1-6H3. The minimum atomic E-state index is -4.49. The van der Waals surface area contributed by atoms with Crippen LogP contribution in [-0.2, 0) is 23.3 Å². The van der Waals surface area contributed by atoms with Gasteiger partial charge < -0.3 is 23.8 Å². The number of benzene rings is 2. The zero-order valence-electron chi connectivity index (χ0n) is 22.7. The molecular formula is C28H39O8P. The van der Waals surface area contributed by atoms with Gasteiger partial charge in [0.05, 0.1) is 52.9 Å². The second-order valence-corrected chi connectivity index (χ2v) is 11.3. The van der Waals surface area contributed by atoms with Crippen molar-refractivity contribution < 1.29 is 38.0 Å².